The first-order chi connectivity index (χ1) is 14.5. The first kappa shape index (κ1) is 20.3. The largest absolute Gasteiger partial charge is 0.294 e. The zero-order chi connectivity index (χ0) is 21.1. The highest BCUT2D eigenvalue weighted by atomic mass is 32.2. The van der Waals surface area contributed by atoms with Gasteiger partial charge in [0.2, 0.25) is 0 Å². The molecule has 0 radical (unpaired) electrons. The number of hydrogen-bond donors (Lipinski definition) is 1. The molecule has 0 aliphatic rings. The Morgan fingerprint density at radius 3 is 2.57 bits per heavy atom. The van der Waals surface area contributed by atoms with E-state index < -0.39 is 9.71 Å². The molecule has 152 valence electrons. The van der Waals surface area contributed by atoms with Crippen LogP contribution in [-0.4, -0.2) is 20.0 Å². The summed E-state index contributed by atoms with van der Waals surface area (Å²) < 4.78 is 16.1. The lowest BCUT2D eigenvalue weighted by Gasteiger charge is -2.13. The molecular weight excluding hydrogens is 410 g/mol. The summed E-state index contributed by atoms with van der Waals surface area (Å²) >= 11 is 1.68. The summed E-state index contributed by atoms with van der Waals surface area (Å²) in [6.07, 6.45) is 2.60. The third-order valence-corrected chi connectivity index (χ3v) is 7.50. The number of nitrogens with one attached hydrogen (secondary N) is 1. The van der Waals surface area contributed by atoms with Crippen LogP contribution in [0.3, 0.4) is 0 Å². The van der Waals surface area contributed by atoms with E-state index in [0.717, 1.165) is 33.1 Å². The van der Waals surface area contributed by atoms with Gasteiger partial charge in [-0.1, -0.05) is 48.9 Å². The molecule has 0 fully saturated rings. The third-order valence-electron chi connectivity index (χ3n) is 4.68. The smallest absolute Gasteiger partial charge is 0.138 e. The highest BCUT2D eigenvalue weighted by molar-refractivity contribution is 8.01. The van der Waals surface area contributed by atoms with Gasteiger partial charge in [-0.25, -0.2) is 14.2 Å². The Labute approximate surface area is 181 Å². The summed E-state index contributed by atoms with van der Waals surface area (Å²) in [6, 6.07) is 21.4. The number of pyridine rings is 1. The second-order valence-corrected chi connectivity index (χ2v) is 10.1. The molecule has 0 saturated carbocycles. The Kier molecular flexibility index (Phi) is 5.70. The van der Waals surface area contributed by atoms with E-state index in [1.165, 1.54) is 5.56 Å². The van der Waals surface area contributed by atoms with Crippen LogP contribution >= 0.6 is 11.3 Å². The predicted octanol–water partition coefficient (Wildman–Crippen LogP) is 5.85. The molecule has 1 unspecified atom stereocenters. The van der Waals surface area contributed by atoms with Crippen molar-refractivity contribution in [1.29, 1.82) is 0 Å². The molecule has 2 heterocycles. The molecule has 4 aromatic rings. The van der Waals surface area contributed by atoms with E-state index in [1.54, 1.807) is 29.7 Å². The SMILES string of the molecule is C=S(=O)(Nc1cc(-c2sc(CC)nc2-c2cccc(C)c2)ccn1)c1ccccc1. The van der Waals surface area contributed by atoms with E-state index >= 15 is 0 Å². The number of rotatable bonds is 6. The average Bonchev–Trinajstić information content (AvgIpc) is 3.19. The van der Waals surface area contributed by atoms with Crippen LogP contribution in [0.2, 0.25) is 0 Å². The van der Waals surface area contributed by atoms with E-state index in [0.29, 0.717) is 10.7 Å². The maximum absolute atomic E-state index is 13.1. The minimum Gasteiger partial charge on any atom is -0.294 e. The highest BCUT2D eigenvalue weighted by Gasteiger charge is 2.16. The zero-order valence-electron chi connectivity index (χ0n) is 17.0. The van der Waals surface area contributed by atoms with Crippen LogP contribution in [0.25, 0.3) is 21.7 Å². The van der Waals surface area contributed by atoms with Crippen LogP contribution in [0.1, 0.15) is 17.5 Å². The Morgan fingerprint density at radius 2 is 1.83 bits per heavy atom. The van der Waals surface area contributed by atoms with Gasteiger partial charge in [0, 0.05) is 16.7 Å². The lowest BCUT2D eigenvalue weighted by atomic mass is 10.1. The van der Waals surface area contributed by atoms with Crippen molar-refractivity contribution in [3.63, 3.8) is 0 Å². The summed E-state index contributed by atoms with van der Waals surface area (Å²) in [5.41, 5.74) is 4.25. The zero-order valence-corrected chi connectivity index (χ0v) is 18.6. The molecule has 1 atom stereocenters. The lowest BCUT2D eigenvalue weighted by molar-refractivity contribution is 0.684. The fraction of sp³-hybridized carbons (Fsp3) is 0.125. The second kappa shape index (κ2) is 8.42. The topological polar surface area (TPSA) is 54.9 Å². The van der Waals surface area contributed by atoms with Crippen molar-refractivity contribution in [1.82, 2.24) is 9.97 Å². The molecule has 6 heteroatoms. The van der Waals surface area contributed by atoms with Crippen LogP contribution < -0.4 is 4.72 Å². The molecule has 2 aromatic carbocycles. The maximum Gasteiger partial charge on any atom is 0.138 e. The molecule has 0 saturated heterocycles. The summed E-state index contributed by atoms with van der Waals surface area (Å²) in [7, 11) is -2.70. The molecule has 0 aliphatic carbocycles. The van der Waals surface area contributed by atoms with Gasteiger partial charge in [0.1, 0.15) is 5.82 Å². The monoisotopic (exact) mass is 433 g/mol. The van der Waals surface area contributed by atoms with Crippen molar-refractivity contribution in [3.05, 3.63) is 83.5 Å². The fourth-order valence-corrected chi connectivity index (χ4v) is 5.38. The van der Waals surface area contributed by atoms with Gasteiger partial charge in [0.05, 0.1) is 25.3 Å². The second-order valence-electron chi connectivity index (χ2n) is 7.03. The number of aromatic nitrogens is 2. The van der Waals surface area contributed by atoms with Gasteiger partial charge in [0.25, 0.3) is 0 Å². The Morgan fingerprint density at radius 1 is 1.03 bits per heavy atom. The predicted molar refractivity (Wildman–Crippen MR) is 128 cm³/mol. The number of hydrogen-bond acceptors (Lipinski definition) is 4. The van der Waals surface area contributed by atoms with Crippen molar-refractivity contribution in [2.24, 2.45) is 0 Å². The number of thiazole rings is 1. The van der Waals surface area contributed by atoms with Crippen molar-refractivity contribution in [2.75, 3.05) is 4.72 Å². The van der Waals surface area contributed by atoms with Crippen LogP contribution in [0.15, 0.2) is 77.8 Å². The number of benzene rings is 2. The van der Waals surface area contributed by atoms with Gasteiger partial charge in [-0.2, -0.15) is 0 Å². The summed E-state index contributed by atoms with van der Waals surface area (Å²) in [5, 5.41) is 1.08. The molecule has 4 rings (SSSR count). The third kappa shape index (κ3) is 4.30. The van der Waals surface area contributed by atoms with Crippen molar-refractivity contribution in [2.45, 2.75) is 25.2 Å². The van der Waals surface area contributed by atoms with Crippen LogP contribution in [0.5, 0.6) is 0 Å². The molecule has 2 aromatic heterocycles. The van der Waals surface area contributed by atoms with Crippen LogP contribution in [0.4, 0.5) is 5.82 Å². The molecular formula is C24H23N3OS2. The van der Waals surface area contributed by atoms with Gasteiger partial charge >= 0.3 is 0 Å². The van der Waals surface area contributed by atoms with Crippen molar-refractivity contribution < 1.29 is 4.21 Å². The van der Waals surface area contributed by atoms with Gasteiger partial charge in [-0.3, -0.25) is 4.72 Å². The van der Waals surface area contributed by atoms with Crippen molar-refractivity contribution >= 4 is 32.7 Å². The standard InChI is InChI=1S/C24H23N3OS2/c1-4-22-26-23(18-10-8-9-17(2)15-18)24(29-22)19-13-14-25-21(16-19)27-30(3,28)20-11-6-5-7-12-20/h5-16H,3-4H2,1-2H3,(H,25,27,28). The highest BCUT2D eigenvalue weighted by Crippen LogP contribution is 2.38. The number of anilines is 1. The number of aryl methyl sites for hydroxylation is 2. The summed E-state index contributed by atoms with van der Waals surface area (Å²) in [5.74, 6) is 4.42. The minimum atomic E-state index is -2.70. The van der Waals surface area contributed by atoms with Gasteiger partial charge in [-0.15, -0.1) is 11.3 Å². The van der Waals surface area contributed by atoms with E-state index in [1.807, 2.05) is 30.3 Å². The Bertz CT molecular complexity index is 1280. The lowest BCUT2D eigenvalue weighted by Crippen LogP contribution is -2.13. The van der Waals surface area contributed by atoms with Gasteiger partial charge in [0.15, 0.2) is 0 Å². The van der Waals surface area contributed by atoms with E-state index in [2.05, 4.69) is 53.7 Å². The quantitative estimate of drug-likeness (QED) is 0.388. The molecule has 0 aliphatic heterocycles. The van der Waals surface area contributed by atoms with Crippen molar-refractivity contribution in [3.8, 4) is 21.7 Å². The fourth-order valence-electron chi connectivity index (χ4n) is 3.20. The Balaban J connectivity index is 1.74. The summed E-state index contributed by atoms with van der Waals surface area (Å²) in [4.78, 5) is 11.0. The molecule has 30 heavy (non-hydrogen) atoms. The van der Waals surface area contributed by atoms with Crippen LogP contribution in [-0.2, 0) is 16.1 Å². The van der Waals surface area contributed by atoms with Crippen LogP contribution in [0, 0.1) is 6.92 Å². The Hall–Kier alpha value is -2.96. The summed E-state index contributed by atoms with van der Waals surface area (Å²) in [6.45, 7) is 4.19. The normalized spacial score (nSPS) is 13.0. The molecule has 0 spiro atoms. The molecule has 1 N–H and O–H groups in total. The minimum absolute atomic E-state index is 0.526. The molecule has 0 amide bonds. The van der Waals surface area contributed by atoms with E-state index in [4.69, 9.17) is 4.98 Å². The molecule has 4 nitrogen and oxygen atoms in total. The van der Waals surface area contributed by atoms with E-state index in [-0.39, 0.29) is 0 Å². The van der Waals surface area contributed by atoms with E-state index in [9.17, 15) is 4.21 Å². The first-order valence-electron chi connectivity index (χ1n) is 9.69. The average molecular weight is 434 g/mol. The first-order valence-corrected chi connectivity index (χ1v) is 12.2. The molecule has 0 bridgehead atoms. The van der Waals surface area contributed by atoms with Gasteiger partial charge < -0.3 is 0 Å². The maximum atomic E-state index is 13.1. The number of nitrogens with zero attached hydrogens (tertiary/aromatic N) is 2. The van der Waals surface area contributed by atoms with Gasteiger partial charge in [-0.05, 0) is 55.1 Å².